The molecule has 0 radical (unpaired) electrons. The molecule has 0 bridgehead atoms. The van der Waals surface area contributed by atoms with Gasteiger partial charge in [-0.25, -0.2) is 0 Å². The Kier molecular flexibility index (Phi) is 3.59. The zero-order chi connectivity index (χ0) is 12.3. The molecule has 2 aromatic rings. The van der Waals surface area contributed by atoms with Crippen molar-refractivity contribution in [2.45, 2.75) is 12.8 Å². The summed E-state index contributed by atoms with van der Waals surface area (Å²) in [6.07, 6.45) is 0. The normalized spacial score (nSPS) is 10.3. The summed E-state index contributed by atoms with van der Waals surface area (Å²) in [5, 5.41) is 8.18. The van der Waals surface area contributed by atoms with E-state index in [4.69, 9.17) is 11.6 Å². The predicted molar refractivity (Wildman–Crippen MR) is 70.8 cm³/mol. The van der Waals surface area contributed by atoms with E-state index in [2.05, 4.69) is 41.4 Å². The summed E-state index contributed by atoms with van der Waals surface area (Å²) in [7, 11) is 1.97. The molecule has 2 rings (SSSR count). The Balaban J connectivity index is 2.23. The molecule has 0 atom stereocenters. The number of nitrogens with zero attached hydrogens (tertiary/aromatic N) is 3. The maximum absolute atomic E-state index is 5.68. The molecule has 1 aromatic heterocycles. The van der Waals surface area contributed by atoms with Gasteiger partial charge in [-0.1, -0.05) is 17.7 Å². The van der Waals surface area contributed by atoms with Crippen LogP contribution in [0, 0.1) is 6.92 Å². The Bertz CT molecular complexity index is 479. The van der Waals surface area contributed by atoms with E-state index < -0.39 is 0 Å². The highest BCUT2D eigenvalue weighted by atomic mass is 35.5. The van der Waals surface area contributed by atoms with E-state index >= 15 is 0 Å². The van der Waals surface area contributed by atoms with Crippen molar-refractivity contribution in [2.75, 3.05) is 11.9 Å². The minimum atomic E-state index is 0.390. The van der Waals surface area contributed by atoms with Crippen molar-refractivity contribution in [3.8, 4) is 0 Å². The van der Waals surface area contributed by atoms with Crippen molar-refractivity contribution in [1.29, 1.82) is 0 Å². The first-order valence-corrected chi connectivity index (χ1v) is 5.93. The number of aryl methyl sites for hydroxylation is 1. The van der Waals surface area contributed by atoms with Gasteiger partial charge >= 0.3 is 0 Å². The van der Waals surface area contributed by atoms with Crippen LogP contribution in [0.25, 0.3) is 0 Å². The summed E-state index contributed by atoms with van der Waals surface area (Å²) in [4.78, 5) is 1.99. The first kappa shape index (κ1) is 11.9. The van der Waals surface area contributed by atoms with Crippen molar-refractivity contribution in [3.63, 3.8) is 0 Å². The fourth-order valence-corrected chi connectivity index (χ4v) is 1.65. The molecule has 0 spiro atoms. The Hall–Kier alpha value is -1.61. The third-order valence-electron chi connectivity index (χ3n) is 2.61. The van der Waals surface area contributed by atoms with Gasteiger partial charge in [-0.05, 0) is 31.2 Å². The molecule has 0 amide bonds. The van der Waals surface area contributed by atoms with Crippen LogP contribution in [-0.2, 0) is 5.88 Å². The van der Waals surface area contributed by atoms with Crippen molar-refractivity contribution < 1.29 is 0 Å². The summed E-state index contributed by atoms with van der Waals surface area (Å²) in [5.41, 5.74) is 3.11. The highest BCUT2D eigenvalue weighted by Gasteiger charge is 2.05. The molecule has 1 heterocycles. The quantitative estimate of drug-likeness (QED) is 0.780. The Labute approximate surface area is 106 Å². The number of rotatable bonds is 3. The van der Waals surface area contributed by atoms with E-state index in [1.807, 2.05) is 24.1 Å². The minimum absolute atomic E-state index is 0.390. The van der Waals surface area contributed by atoms with E-state index in [0.29, 0.717) is 5.88 Å². The second kappa shape index (κ2) is 5.15. The predicted octanol–water partition coefficient (Wildman–Crippen LogP) is 3.29. The number of benzene rings is 1. The van der Waals surface area contributed by atoms with Crippen molar-refractivity contribution in [2.24, 2.45) is 0 Å². The van der Waals surface area contributed by atoms with Crippen LogP contribution in [0.3, 0.4) is 0 Å². The largest absolute Gasteiger partial charge is 0.328 e. The molecule has 0 saturated carbocycles. The zero-order valence-corrected chi connectivity index (χ0v) is 10.6. The number of anilines is 2. The second-order valence-corrected chi connectivity index (χ2v) is 4.18. The summed E-state index contributed by atoms with van der Waals surface area (Å²) in [6.45, 7) is 2.07. The lowest BCUT2D eigenvalue weighted by Gasteiger charge is -2.17. The second-order valence-electron chi connectivity index (χ2n) is 3.91. The third kappa shape index (κ3) is 2.74. The SMILES string of the molecule is Cc1ccc(N(C)c2ccc(CCl)nn2)cc1. The minimum Gasteiger partial charge on any atom is -0.328 e. The third-order valence-corrected chi connectivity index (χ3v) is 2.88. The van der Waals surface area contributed by atoms with Gasteiger partial charge in [0.15, 0.2) is 5.82 Å². The molecular weight excluding hydrogens is 234 g/mol. The molecule has 3 nitrogen and oxygen atoms in total. The lowest BCUT2D eigenvalue weighted by molar-refractivity contribution is 0.943. The highest BCUT2D eigenvalue weighted by molar-refractivity contribution is 6.16. The van der Waals surface area contributed by atoms with Crippen LogP contribution in [0.15, 0.2) is 36.4 Å². The summed E-state index contributed by atoms with van der Waals surface area (Å²) >= 11 is 5.68. The van der Waals surface area contributed by atoms with Crippen LogP contribution < -0.4 is 4.90 Å². The average Bonchev–Trinajstić information content (AvgIpc) is 2.39. The first-order valence-electron chi connectivity index (χ1n) is 5.39. The van der Waals surface area contributed by atoms with Crippen molar-refractivity contribution >= 4 is 23.1 Å². The first-order chi connectivity index (χ1) is 8.20. The Morgan fingerprint density at radius 2 is 1.76 bits per heavy atom. The summed E-state index contributed by atoms with van der Waals surface area (Å²) in [6, 6.07) is 12.1. The van der Waals surface area contributed by atoms with Gasteiger partial charge in [-0.2, -0.15) is 5.10 Å². The van der Waals surface area contributed by atoms with Gasteiger partial charge in [-0.15, -0.1) is 16.7 Å². The van der Waals surface area contributed by atoms with E-state index in [1.54, 1.807) is 0 Å². The van der Waals surface area contributed by atoms with Gasteiger partial charge in [0.1, 0.15) is 0 Å². The van der Waals surface area contributed by atoms with Crippen LogP contribution in [-0.4, -0.2) is 17.2 Å². The molecule has 17 heavy (non-hydrogen) atoms. The topological polar surface area (TPSA) is 29.0 Å². The molecule has 0 fully saturated rings. The smallest absolute Gasteiger partial charge is 0.155 e. The molecule has 0 aliphatic carbocycles. The number of halogens is 1. The summed E-state index contributed by atoms with van der Waals surface area (Å²) < 4.78 is 0. The molecule has 4 heteroatoms. The van der Waals surface area contributed by atoms with Crippen LogP contribution >= 0.6 is 11.6 Å². The Morgan fingerprint density at radius 3 is 2.29 bits per heavy atom. The van der Waals surface area contributed by atoms with Gasteiger partial charge in [0.25, 0.3) is 0 Å². The number of alkyl halides is 1. The molecule has 0 saturated heterocycles. The molecule has 88 valence electrons. The monoisotopic (exact) mass is 247 g/mol. The van der Waals surface area contributed by atoms with Gasteiger partial charge < -0.3 is 4.90 Å². The molecule has 0 aliphatic heterocycles. The van der Waals surface area contributed by atoms with Gasteiger partial charge in [0, 0.05) is 12.7 Å². The lowest BCUT2D eigenvalue weighted by atomic mass is 10.2. The van der Waals surface area contributed by atoms with Crippen molar-refractivity contribution in [1.82, 2.24) is 10.2 Å². The molecule has 0 N–H and O–H groups in total. The maximum Gasteiger partial charge on any atom is 0.155 e. The molecule has 1 aromatic carbocycles. The fraction of sp³-hybridized carbons (Fsp3) is 0.231. The van der Waals surface area contributed by atoms with E-state index in [-0.39, 0.29) is 0 Å². The summed E-state index contributed by atoms with van der Waals surface area (Å²) in [5.74, 6) is 1.20. The van der Waals surface area contributed by atoms with Crippen molar-refractivity contribution in [3.05, 3.63) is 47.7 Å². The Morgan fingerprint density at radius 1 is 1.06 bits per heavy atom. The highest BCUT2D eigenvalue weighted by Crippen LogP contribution is 2.21. The van der Waals surface area contributed by atoms with Crippen LogP contribution in [0.5, 0.6) is 0 Å². The van der Waals surface area contributed by atoms with Gasteiger partial charge in [-0.3, -0.25) is 0 Å². The number of hydrogen-bond acceptors (Lipinski definition) is 3. The number of aromatic nitrogens is 2. The lowest BCUT2D eigenvalue weighted by Crippen LogP contribution is -2.12. The zero-order valence-electron chi connectivity index (χ0n) is 9.89. The fourth-order valence-electron chi connectivity index (χ4n) is 1.50. The van der Waals surface area contributed by atoms with Gasteiger partial charge in [0.2, 0.25) is 0 Å². The van der Waals surface area contributed by atoms with Crippen LogP contribution in [0.1, 0.15) is 11.3 Å². The van der Waals surface area contributed by atoms with E-state index in [0.717, 1.165) is 17.2 Å². The maximum atomic E-state index is 5.68. The molecule has 0 aliphatic rings. The van der Waals surface area contributed by atoms with Crippen LogP contribution in [0.4, 0.5) is 11.5 Å². The van der Waals surface area contributed by atoms with E-state index in [1.165, 1.54) is 5.56 Å². The average molecular weight is 248 g/mol. The van der Waals surface area contributed by atoms with E-state index in [9.17, 15) is 0 Å². The van der Waals surface area contributed by atoms with Crippen LogP contribution in [0.2, 0.25) is 0 Å². The molecule has 0 unspecified atom stereocenters. The number of hydrogen-bond donors (Lipinski definition) is 0. The standard InChI is InChI=1S/C13H14ClN3/c1-10-3-6-12(7-4-10)17(2)13-8-5-11(9-14)15-16-13/h3-8H,9H2,1-2H3. The molecular formula is C13H14ClN3. The van der Waals surface area contributed by atoms with Gasteiger partial charge in [0.05, 0.1) is 11.6 Å².